The number of phenols is 1. The molecule has 0 spiro atoms. The zero-order valence-corrected chi connectivity index (χ0v) is 75.3. The van der Waals surface area contributed by atoms with Crippen LogP contribution in [-0.2, 0) is 0 Å². The van der Waals surface area contributed by atoms with Crippen molar-refractivity contribution in [1.29, 1.82) is 0 Å². The van der Waals surface area contributed by atoms with Crippen molar-refractivity contribution in [3.8, 4) is 69.0 Å². The molecule has 135 heavy (non-hydrogen) atoms. The number of aromatic hydroxyl groups is 1. The van der Waals surface area contributed by atoms with Crippen molar-refractivity contribution in [3.63, 3.8) is 0 Å². The largest absolute Gasteiger partial charge is 0.504 e. The Labute approximate surface area is 777 Å². The van der Waals surface area contributed by atoms with Gasteiger partial charge in [0.2, 0.25) is 36.6 Å². The number of rotatable bonds is 22. The molecule has 4 unspecified atom stereocenters. The SMILES string of the molecule is CCOc1cccc2c1OC(c1ccc(C)cc1)C([N+](=O)[O-])=C2.CCOc1cccc2c1OC(c1ccc(C)cc1)C([N+](=O)[O-])=C2.CCOc1cccc2c1OC(c1ccccc1)C([N+](=O)[O-])=C2.CCOc1cccc2c1O[C@@H](c1ccc(C)cc1)C([N+](=O)[O-])=C2.CCOc1cccc2c1O[C@H](c1ccc(C)cc1)C([N+](=O)[O-])=C2.Cc1ccc(C2Oc3c(O)cccc3C=C2[N+](=O)[O-])cc1. The van der Waals surface area contributed by atoms with Gasteiger partial charge < -0.3 is 57.2 Å². The van der Waals surface area contributed by atoms with Gasteiger partial charge >= 0.3 is 0 Å². The van der Waals surface area contributed by atoms with E-state index < -0.39 is 46.5 Å². The third-order valence-electron chi connectivity index (χ3n) is 21.7. The first-order chi connectivity index (χ1) is 65.1. The standard InChI is InChI=1S/4C18H17NO4.C17H15NO4.C16H13NO4/c4*1-3-22-16-6-4-5-14-11-15(19(20)21)17(23-18(14)16)13-9-7-12(2)8-10-13;1-2-21-15-10-6-9-13-11-14(18(19)20)16(22-17(13)15)12-7-4-3-5-8-12;1-10-5-7-11(8-6-10)15-13(17(19)20)9-12-3-2-4-14(18)16(12)21-15/h4*4-11,17H,3H2,1-2H3;3-11,16H,2H2,1H3;2-9,15,18H,1H3/t2*17-;;;;/m10..../s1. The molecule has 6 heterocycles. The molecule has 30 nitrogen and oxygen atoms in total. The first-order valence-electron chi connectivity index (χ1n) is 43.3. The first kappa shape index (κ1) is 95.7. The highest BCUT2D eigenvalue weighted by Crippen LogP contribution is 2.50. The second-order valence-corrected chi connectivity index (χ2v) is 31.1. The molecule has 0 amide bonds. The number of benzene rings is 12. The molecule has 0 bridgehead atoms. The predicted molar refractivity (Wildman–Crippen MR) is 509 cm³/mol. The van der Waals surface area contributed by atoms with Gasteiger partial charge in [0.15, 0.2) is 69.0 Å². The summed E-state index contributed by atoms with van der Waals surface area (Å²) in [5.41, 5.74) is 13.7. The quantitative estimate of drug-likeness (QED) is 0.0486. The maximum Gasteiger partial charge on any atom is 0.291 e. The number of hydrogen-bond acceptors (Lipinski definition) is 24. The molecule has 0 saturated carbocycles. The number of phenolic OH excluding ortho intramolecular Hbond substituents is 1. The van der Waals surface area contributed by atoms with Gasteiger partial charge in [0.05, 0.1) is 62.6 Å². The van der Waals surface area contributed by atoms with Crippen LogP contribution >= 0.6 is 0 Å². The highest BCUT2D eigenvalue weighted by molar-refractivity contribution is 5.72. The summed E-state index contributed by atoms with van der Waals surface area (Å²) in [4.78, 5) is 66.1. The van der Waals surface area contributed by atoms with E-state index in [1.54, 1.807) is 146 Å². The minimum absolute atomic E-state index is 0.0207. The molecule has 0 saturated heterocycles. The summed E-state index contributed by atoms with van der Waals surface area (Å²) in [6.07, 6.45) is 4.67. The zero-order valence-electron chi connectivity index (χ0n) is 75.3. The number of hydrogen-bond donors (Lipinski definition) is 1. The van der Waals surface area contributed by atoms with Gasteiger partial charge in [0.25, 0.3) is 34.2 Å². The Kier molecular flexibility index (Phi) is 31.3. The number of nitro groups is 6. The van der Waals surface area contributed by atoms with Gasteiger partial charge in [0.1, 0.15) is 0 Å². The average molecular weight is 1830 g/mol. The van der Waals surface area contributed by atoms with E-state index in [-0.39, 0.29) is 65.4 Å². The number of aryl methyl sites for hydroxylation is 5. The summed E-state index contributed by atoms with van der Waals surface area (Å²) < 4.78 is 63.4. The van der Waals surface area contributed by atoms with Crippen molar-refractivity contribution >= 4 is 36.5 Å². The lowest BCUT2D eigenvalue weighted by atomic mass is 10.00. The van der Waals surface area contributed by atoms with Gasteiger partial charge in [-0.05, 0) is 106 Å². The fourth-order valence-electron chi connectivity index (χ4n) is 15.1. The minimum atomic E-state index is -0.832. The average Bonchev–Trinajstić information content (AvgIpc) is 1.02. The summed E-state index contributed by atoms with van der Waals surface area (Å²) in [6.45, 7) is 21.8. The van der Waals surface area contributed by atoms with Gasteiger partial charge in [-0.2, -0.15) is 0 Å². The Balaban J connectivity index is 0.000000137. The van der Waals surface area contributed by atoms with Crippen LogP contribution in [0.3, 0.4) is 0 Å². The van der Waals surface area contributed by atoms with E-state index in [0.29, 0.717) is 129 Å². The smallest absolute Gasteiger partial charge is 0.291 e. The molecular formula is C105H96N6O24. The Morgan fingerprint density at radius 1 is 0.230 bits per heavy atom. The lowest BCUT2D eigenvalue weighted by Gasteiger charge is -2.24. The summed E-state index contributed by atoms with van der Waals surface area (Å²) in [5, 5.41) is 78.4. The van der Waals surface area contributed by atoms with Crippen LogP contribution in [0.5, 0.6) is 69.0 Å². The molecule has 0 aliphatic carbocycles. The van der Waals surface area contributed by atoms with Crippen LogP contribution in [0, 0.1) is 95.3 Å². The van der Waals surface area contributed by atoms with Crippen molar-refractivity contribution < 1.29 is 86.8 Å². The van der Waals surface area contributed by atoms with Gasteiger partial charge in [-0.1, -0.05) is 252 Å². The fraction of sp³-hybridized carbons (Fsp3) is 0.200. The van der Waals surface area contributed by atoms with E-state index in [0.717, 1.165) is 55.6 Å². The molecule has 0 radical (unpaired) electrons. The summed E-state index contributed by atoms with van der Waals surface area (Å²) in [7, 11) is 0. The molecule has 18 rings (SSSR count). The number of nitrogens with zero attached hydrogens (tertiary/aromatic N) is 6. The van der Waals surface area contributed by atoms with Gasteiger partial charge in [0, 0.05) is 103 Å². The van der Waals surface area contributed by atoms with Crippen molar-refractivity contribution in [2.24, 2.45) is 0 Å². The van der Waals surface area contributed by atoms with Gasteiger partial charge in [-0.15, -0.1) is 0 Å². The molecule has 6 aliphatic heterocycles. The Hall–Kier alpha value is -16.9. The zero-order chi connectivity index (χ0) is 96.1. The van der Waals surface area contributed by atoms with Crippen LogP contribution in [-0.4, -0.2) is 67.7 Å². The maximum atomic E-state index is 11.5. The van der Waals surface area contributed by atoms with Crippen LogP contribution in [0.1, 0.15) is 166 Å². The van der Waals surface area contributed by atoms with E-state index in [1.807, 2.05) is 209 Å². The number of para-hydroxylation sites is 6. The van der Waals surface area contributed by atoms with E-state index in [9.17, 15) is 65.8 Å². The van der Waals surface area contributed by atoms with Crippen LogP contribution < -0.4 is 52.1 Å². The summed E-state index contributed by atoms with van der Waals surface area (Å²) in [6, 6.07) is 78.4. The van der Waals surface area contributed by atoms with E-state index in [1.165, 1.54) is 12.1 Å². The molecule has 6 aliphatic rings. The van der Waals surface area contributed by atoms with Crippen molar-refractivity contribution in [1.82, 2.24) is 0 Å². The minimum Gasteiger partial charge on any atom is -0.504 e. The number of ether oxygens (including phenoxy) is 11. The summed E-state index contributed by atoms with van der Waals surface area (Å²) >= 11 is 0. The highest BCUT2D eigenvalue weighted by Gasteiger charge is 2.41. The molecule has 0 fully saturated rings. The fourth-order valence-corrected chi connectivity index (χ4v) is 15.1. The van der Waals surface area contributed by atoms with E-state index >= 15 is 0 Å². The van der Waals surface area contributed by atoms with Crippen LogP contribution in [0.25, 0.3) is 36.5 Å². The van der Waals surface area contributed by atoms with Crippen LogP contribution in [0.15, 0.2) is 295 Å². The second-order valence-electron chi connectivity index (χ2n) is 31.1. The molecule has 0 aromatic heterocycles. The van der Waals surface area contributed by atoms with Crippen LogP contribution in [0.4, 0.5) is 0 Å². The topological polar surface area (TPSA) is 381 Å². The van der Waals surface area contributed by atoms with E-state index in [2.05, 4.69) is 0 Å². The van der Waals surface area contributed by atoms with Crippen molar-refractivity contribution in [3.05, 3.63) is 450 Å². The molecule has 30 heteroatoms. The Morgan fingerprint density at radius 3 is 0.585 bits per heavy atom. The third-order valence-corrected chi connectivity index (χ3v) is 21.7. The predicted octanol–water partition coefficient (Wildman–Crippen LogP) is 23.9. The molecule has 690 valence electrons. The van der Waals surface area contributed by atoms with Gasteiger partial charge in [-0.3, -0.25) is 60.7 Å². The van der Waals surface area contributed by atoms with Crippen molar-refractivity contribution in [2.45, 2.75) is 106 Å². The third kappa shape index (κ3) is 22.9. The lowest BCUT2D eigenvalue weighted by Crippen LogP contribution is -2.20. The second kappa shape index (κ2) is 44.1. The van der Waals surface area contributed by atoms with Gasteiger partial charge in [-0.25, -0.2) is 0 Å². The number of fused-ring (bicyclic) bond motifs is 6. The Morgan fingerprint density at radius 2 is 0.400 bits per heavy atom. The van der Waals surface area contributed by atoms with Crippen molar-refractivity contribution in [2.75, 3.05) is 33.0 Å². The molecule has 12 aromatic carbocycles. The molecule has 1 N–H and O–H groups in total. The normalized spacial score (nSPS) is 16.2. The first-order valence-corrected chi connectivity index (χ1v) is 43.3. The summed E-state index contributed by atoms with van der Waals surface area (Å²) in [5.74, 6) is 5.97. The molecular weight excluding hydrogens is 1730 g/mol. The monoisotopic (exact) mass is 1820 g/mol. The molecule has 6 atom stereocenters. The Bertz CT molecular complexity index is 6020. The maximum absolute atomic E-state index is 11.5. The molecule has 12 aromatic rings. The highest BCUT2D eigenvalue weighted by atomic mass is 16.7. The lowest BCUT2D eigenvalue weighted by molar-refractivity contribution is -0.434. The van der Waals surface area contributed by atoms with Crippen LogP contribution in [0.2, 0.25) is 0 Å². The van der Waals surface area contributed by atoms with E-state index in [4.69, 9.17) is 52.1 Å².